The van der Waals surface area contributed by atoms with Crippen molar-refractivity contribution in [3.8, 4) is 0 Å². The SMILES string of the molecule is CCCCNc1nnc(S)s1. The van der Waals surface area contributed by atoms with Gasteiger partial charge in [-0.05, 0) is 6.42 Å². The highest BCUT2D eigenvalue weighted by molar-refractivity contribution is 7.82. The Bertz CT molecular complexity index is 211. The maximum atomic E-state index is 4.06. The molecule has 11 heavy (non-hydrogen) atoms. The average molecular weight is 189 g/mol. The quantitative estimate of drug-likeness (QED) is 0.562. The van der Waals surface area contributed by atoms with Crippen LogP contribution in [0.5, 0.6) is 0 Å². The van der Waals surface area contributed by atoms with Crippen molar-refractivity contribution in [2.45, 2.75) is 24.1 Å². The summed E-state index contributed by atoms with van der Waals surface area (Å²) in [6.45, 7) is 3.13. The minimum atomic E-state index is 0.712. The van der Waals surface area contributed by atoms with E-state index in [1.807, 2.05) is 0 Å². The van der Waals surface area contributed by atoms with Crippen molar-refractivity contribution in [2.24, 2.45) is 0 Å². The molecule has 0 saturated heterocycles. The van der Waals surface area contributed by atoms with Crippen LogP contribution in [0.15, 0.2) is 4.34 Å². The third kappa shape index (κ3) is 3.07. The molecule has 1 heterocycles. The van der Waals surface area contributed by atoms with Crippen LogP contribution in [-0.2, 0) is 0 Å². The molecule has 0 saturated carbocycles. The van der Waals surface area contributed by atoms with Crippen molar-refractivity contribution in [3.63, 3.8) is 0 Å². The second-order valence-electron chi connectivity index (χ2n) is 2.17. The summed E-state index contributed by atoms with van der Waals surface area (Å²) in [5.74, 6) is 0. The number of hydrogen-bond acceptors (Lipinski definition) is 5. The zero-order valence-electron chi connectivity index (χ0n) is 6.37. The van der Waals surface area contributed by atoms with Gasteiger partial charge in [0.2, 0.25) is 5.13 Å². The molecule has 0 radical (unpaired) electrons. The van der Waals surface area contributed by atoms with E-state index in [0.29, 0.717) is 4.34 Å². The van der Waals surface area contributed by atoms with Crippen molar-refractivity contribution < 1.29 is 0 Å². The Morgan fingerprint density at radius 1 is 1.55 bits per heavy atom. The van der Waals surface area contributed by atoms with E-state index >= 15 is 0 Å². The maximum Gasteiger partial charge on any atom is 0.206 e. The molecular formula is C6H11N3S2. The first kappa shape index (κ1) is 8.80. The second kappa shape index (κ2) is 4.56. The fourth-order valence-electron chi connectivity index (χ4n) is 0.659. The standard InChI is InChI=1S/C6H11N3S2/c1-2-3-4-7-5-8-9-6(10)11-5/h2-4H2,1H3,(H,7,8)(H,9,10). The number of rotatable bonds is 4. The fraction of sp³-hybridized carbons (Fsp3) is 0.667. The van der Waals surface area contributed by atoms with E-state index in [1.165, 1.54) is 24.2 Å². The lowest BCUT2D eigenvalue weighted by molar-refractivity contribution is 0.830. The molecule has 0 atom stereocenters. The van der Waals surface area contributed by atoms with E-state index < -0.39 is 0 Å². The summed E-state index contributed by atoms with van der Waals surface area (Å²) in [5, 5.41) is 11.7. The molecule has 3 nitrogen and oxygen atoms in total. The van der Waals surface area contributed by atoms with Crippen LogP contribution in [0.25, 0.3) is 0 Å². The van der Waals surface area contributed by atoms with E-state index in [0.717, 1.165) is 11.7 Å². The monoisotopic (exact) mass is 189 g/mol. The van der Waals surface area contributed by atoms with Gasteiger partial charge in [0.1, 0.15) is 0 Å². The molecule has 0 bridgehead atoms. The number of nitrogens with zero attached hydrogens (tertiary/aromatic N) is 2. The van der Waals surface area contributed by atoms with Gasteiger partial charge in [-0.2, -0.15) is 0 Å². The smallest absolute Gasteiger partial charge is 0.206 e. The van der Waals surface area contributed by atoms with Crippen LogP contribution in [0.4, 0.5) is 5.13 Å². The van der Waals surface area contributed by atoms with Gasteiger partial charge in [0.05, 0.1) is 0 Å². The molecule has 0 amide bonds. The van der Waals surface area contributed by atoms with E-state index in [1.54, 1.807) is 0 Å². The van der Waals surface area contributed by atoms with Crippen LogP contribution < -0.4 is 5.32 Å². The largest absolute Gasteiger partial charge is 0.360 e. The minimum absolute atomic E-state index is 0.712. The van der Waals surface area contributed by atoms with Crippen molar-refractivity contribution in [1.82, 2.24) is 10.2 Å². The van der Waals surface area contributed by atoms with Crippen LogP contribution in [0.1, 0.15) is 19.8 Å². The van der Waals surface area contributed by atoms with Crippen molar-refractivity contribution in [3.05, 3.63) is 0 Å². The first-order valence-corrected chi connectivity index (χ1v) is 4.85. The molecule has 0 aromatic carbocycles. The van der Waals surface area contributed by atoms with Crippen LogP contribution in [0, 0.1) is 0 Å². The molecule has 0 spiro atoms. The van der Waals surface area contributed by atoms with Gasteiger partial charge in [0.25, 0.3) is 0 Å². The molecule has 1 N–H and O–H groups in total. The molecule has 0 aliphatic heterocycles. The molecule has 62 valence electrons. The maximum absolute atomic E-state index is 4.06. The third-order valence-corrected chi connectivity index (χ3v) is 2.27. The molecule has 0 aliphatic rings. The highest BCUT2D eigenvalue weighted by Crippen LogP contribution is 2.17. The number of hydrogen-bond donors (Lipinski definition) is 2. The van der Waals surface area contributed by atoms with Crippen LogP contribution in [0.3, 0.4) is 0 Å². The topological polar surface area (TPSA) is 37.8 Å². The predicted molar refractivity (Wildman–Crippen MR) is 50.6 cm³/mol. The summed E-state index contributed by atoms with van der Waals surface area (Å²) in [6.07, 6.45) is 2.36. The van der Waals surface area contributed by atoms with Crippen molar-refractivity contribution in [2.75, 3.05) is 11.9 Å². The molecule has 5 heteroatoms. The van der Waals surface area contributed by atoms with Gasteiger partial charge in [-0.15, -0.1) is 22.8 Å². The molecule has 0 unspecified atom stereocenters. The third-order valence-electron chi connectivity index (χ3n) is 1.22. The summed E-state index contributed by atoms with van der Waals surface area (Å²) < 4.78 is 0.712. The van der Waals surface area contributed by atoms with E-state index in [2.05, 4.69) is 35.1 Å². The number of aromatic nitrogens is 2. The lowest BCUT2D eigenvalue weighted by Gasteiger charge is -1.97. The van der Waals surface area contributed by atoms with Crippen LogP contribution >= 0.6 is 24.0 Å². The highest BCUT2D eigenvalue weighted by Gasteiger charge is 1.97. The summed E-state index contributed by atoms with van der Waals surface area (Å²) in [5.41, 5.74) is 0. The lowest BCUT2D eigenvalue weighted by atomic mass is 10.3. The van der Waals surface area contributed by atoms with Gasteiger partial charge in [-0.25, -0.2) is 0 Å². The lowest BCUT2D eigenvalue weighted by Crippen LogP contribution is -1.99. The first-order valence-electron chi connectivity index (χ1n) is 3.59. The number of thiol groups is 1. The molecule has 1 aromatic heterocycles. The molecule has 1 aromatic rings. The summed E-state index contributed by atoms with van der Waals surface area (Å²) in [6, 6.07) is 0. The zero-order chi connectivity index (χ0) is 8.10. The van der Waals surface area contributed by atoms with Crippen molar-refractivity contribution in [1.29, 1.82) is 0 Å². The first-order chi connectivity index (χ1) is 5.33. The van der Waals surface area contributed by atoms with Gasteiger partial charge >= 0.3 is 0 Å². The Morgan fingerprint density at radius 3 is 2.91 bits per heavy atom. The molecule has 0 fully saturated rings. The average Bonchev–Trinajstić information content (AvgIpc) is 2.37. The predicted octanol–water partition coefficient (Wildman–Crippen LogP) is 2.04. The van der Waals surface area contributed by atoms with E-state index in [-0.39, 0.29) is 0 Å². The van der Waals surface area contributed by atoms with E-state index in [9.17, 15) is 0 Å². The Kier molecular flexibility index (Phi) is 3.65. The summed E-state index contributed by atoms with van der Waals surface area (Å²) in [4.78, 5) is 0. The van der Waals surface area contributed by atoms with Gasteiger partial charge in [-0.1, -0.05) is 24.7 Å². The summed E-state index contributed by atoms with van der Waals surface area (Å²) >= 11 is 5.52. The zero-order valence-corrected chi connectivity index (χ0v) is 8.08. The normalized spacial score (nSPS) is 10.0. The Hall–Kier alpha value is -0.290. The number of nitrogens with one attached hydrogen (secondary N) is 1. The molecular weight excluding hydrogens is 178 g/mol. The molecule has 0 aliphatic carbocycles. The highest BCUT2D eigenvalue weighted by atomic mass is 32.2. The van der Waals surface area contributed by atoms with E-state index in [4.69, 9.17) is 0 Å². The van der Waals surface area contributed by atoms with Gasteiger partial charge in [0.15, 0.2) is 4.34 Å². The van der Waals surface area contributed by atoms with Crippen LogP contribution in [0.2, 0.25) is 0 Å². The molecule has 1 rings (SSSR count). The van der Waals surface area contributed by atoms with Gasteiger partial charge in [0, 0.05) is 6.54 Å². The Balaban J connectivity index is 2.27. The van der Waals surface area contributed by atoms with Gasteiger partial charge in [-0.3, -0.25) is 0 Å². The van der Waals surface area contributed by atoms with Crippen molar-refractivity contribution >= 4 is 29.1 Å². The minimum Gasteiger partial charge on any atom is -0.360 e. The fourth-order valence-corrected chi connectivity index (χ4v) is 1.47. The number of unbranched alkanes of at least 4 members (excludes halogenated alkanes) is 1. The number of anilines is 1. The summed E-state index contributed by atoms with van der Waals surface area (Å²) in [7, 11) is 0. The van der Waals surface area contributed by atoms with Gasteiger partial charge < -0.3 is 5.32 Å². The van der Waals surface area contributed by atoms with Crippen LogP contribution in [-0.4, -0.2) is 16.7 Å². The Labute approximate surface area is 75.6 Å². The Morgan fingerprint density at radius 2 is 2.36 bits per heavy atom. The second-order valence-corrected chi connectivity index (χ2v) is 3.87.